The Hall–Kier alpha value is -3.66. The van der Waals surface area contributed by atoms with E-state index < -0.39 is 4.92 Å². The van der Waals surface area contributed by atoms with Crippen molar-refractivity contribution in [1.82, 2.24) is 10.2 Å². The number of non-ortho nitro benzene ring substituents is 1. The fourth-order valence-corrected chi connectivity index (χ4v) is 3.16. The number of rotatable bonds is 8. The van der Waals surface area contributed by atoms with Crippen LogP contribution in [0.25, 0.3) is 11.3 Å². The summed E-state index contributed by atoms with van der Waals surface area (Å²) in [5, 5.41) is 22.3. The quantitative estimate of drug-likeness (QED) is 0.328. The lowest BCUT2D eigenvalue weighted by Gasteiger charge is -2.09. The van der Waals surface area contributed by atoms with Gasteiger partial charge in [0.05, 0.1) is 30.6 Å². The molecule has 0 unspecified atom stereocenters. The highest BCUT2D eigenvalue weighted by Crippen LogP contribution is 2.31. The summed E-state index contributed by atoms with van der Waals surface area (Å²) < 4.78 is 10.5. The molecule has 0 saturated carbocycles. The lowest BCUT2D eigenvalue weighted by atomic mass is 10.1. The first-order valence-electron chi connectivity index (χ1n) is 8.73. The highest BCUT2D eigenvalue weighted by Gasteiger charge is 2.10. The number of carbonyl (C=O) groups excluding carboxylic acids is 1. The number of carbonyl (C=O) groups is 1. The van der Waals surface area contributed by atoms with Gasteiger partial charge in [-0.3, -0.25) is 14.9 Å². The van der Waals surface area contributed by atoms with E-state index in [2.05, 4.69) is 15.5 Å². The van der Waals surface area contributed by atoms with Crippen LogP contribution in [0.5, 0.6) is 11.5 Å². The standard InChI is InChI=1S/C20H18N4O5S/c1-28-17-9-3-13(11-18(17)29-2)16-8-10-20(23-22-16)30-12-19(25)21-14-4-6-15(7-5-14)24(26)27/h3-11H,12H2,1-2H3,(H,21,25). The maximum absolute atomic E-state index is 12.1. The fraction of sp³-hybridized carbons (Fsp3) is 0.150. The Morgan fingerprint density at radius 1 is 1.03 bits per heavy atom. The molecule has 0 spiro atoms. The number of aromatic nitrogens is 2. The van der Waals surface area contributed by atoms with Gasteiger partial charge in [-0.1, -0.05) is 11.8 Å². The molecule has 3 aromatic rings. The van der Waals surface area contributed by atoms with Gasteiger partial charge in [-0.15, -0.1) is 10.2 Å². The Bertz CT molecular complexity index is 1040. The number of ether oxygens (including phenoxy) is 2. The van der Waals surface area contributed by atoms with E-state index in [4.69, 9.17) is 9.47 Å². The Morgan fingerprint density at radius 3 is 2.37 bits per heavy atom. The summed E-state index contributed by atoms with van der Waals surface area (Å²) >= 11 is 1.23. The van der Waals surface area contributed by atoms with Gasteiger partial charge in [0.15, 0.2) is 11.5 Å². The molecule has 3 rings (SSSR count). The van der Waals surface area contributed by atoms with Crippen molar-refractivity contribution in [1.29, 1.82) is 0 Å². The summed E-state index contributed by atoms with van der Waals surface area (Å²) in [7, 11) is 3.13. The molecule has 0 saturated heterocycles. The van der Waals surface area contributed by atoms with Crippen molar-refractivity contribution in [3.63, 3.8) is 0 Å². The van der Waals surface area contributed by atoms with Crippen molar-refractivity contribution < 1.29 is 19.2 Å². The summed E-state index contributed by atoms with van der Waals surface area (Å²) in [4.78, 5) is 22.2. The van der Waals surface area contributed by atoms with Crippen LogP contribution in [0.2, 0.25) is 0 Å². The van der Waals surface area contributed by atoms with Crippen LogP contribution in [0.1, 0.15) is 0 Å². The third-order valence-corrected chi connectivity index (χ3v) is 4.95. The number of hydrogen-bond acceptors (Lipinski definition) is 8. The Kier molecular flexibility index (Phi) is 6.81. The first-order valence-corrected chi connectivity index (χ1v) is 9.72. The first kappa shape index (κ1) is 21.1. The van der Waals surface area contributed by atoms with Crippen LogP contribution in [0, 0.1) is 10.1 Å². The molecule has 1 N–H and O–H groups in total. The van der Waals surface area contributed by atoms with E-state index in [0.717, 1.165) is 5.56 Å². The van der Waals surface area contributed by atoms with Crippen molar-refractivity contribution in [2.75, 3.05) is 25.3 Å². The highest BCUT2D eigenvalue weighted by atomic mass is 32.2. The highest BCUT2D eigenvalue weighted by molar-refractivity contribution is 7.99. The minimum Gasteiger partial charge on any atom is -0.493 e. The molecule has 154 valence electrons. The first-order chi connectivity index (χ1) is 14.5. The predicted octanol–water partition coefficient (Wildman–Crippen LogP) is 3.80. The zero-order chi connectivity index (χ0) is 21.5. The van der Waals surface area contributed by atoms with Crippen LogP contribution < -0.4 is 14.8 Å². The number of methoxy groups -OCH3 is 2. The molecule has 1 aromatic heterocycles. The number of nitrogens with one attached hydrogen (secondary N) is 1. The number of thioether (sulfide) groups is 1. The number of nitrogens with zero attached hydrogens (tertiary/aromatic N) is 3. The maximum atomic E-state index is 12.1. The molecule has 2 aromatic carbocycles. The third-order valence-electron chi connectivity index (χ3n) is 4.03. The van der Waals surface area contributed by atoms with E-state index in [-0.39, 0.29) is 17.3 Å². The van der Waals surface area contributed by atoms with Crippen molar-refractivity contribution in [3.05, 3.63) is 64.7 Å². The van der Waals surface area contributed by atoms with Crippen molar-refractivity contribution in [3.8, 4) is 22.8 Å². The van der Waals surface area contributed by atoms with Gasteiger partial charge < -0.3 is 14.8 Å². The van der Waals surface area contributed by atoms with E-state index in [1.807, 2.05) is 18.2 Å². The molecule has 0 aliphatic heterocycles. The minimum absolute atomic E-state index is 0.0350. The van der Waals surface area contributed by atoms with E-state index in [9.17, 15) is 14.9 Å². The summed E-state index contributed by atoms with van der Waals surface area (Å²) in [6.07, 6.45) is 0. The van der Waals surface area contributed by atoms with Gasteiger partial charge in [-0.05, 0) is 42.5 Å². The lowest BCUT2D eigenvalue weighted by Crippen LogP contribution is -2.14. The fourth-order valence-electron chi connectivity index (χ4n) is 2.55. The Morgan fingerprint density at radius 2 is 1.77 bits per heavy atom. The Balaban J connectivity index is 1.58. The summed E-state index contributed by atoms with van der Waals surface area (Å²) in [6, 6.07) is 14.7. The largest absolute Gasteiger partial charge is 0.493 e. The van der Waals surface area contributed by atoms with E-state index >= 15 is 0 Å². The third kappa shape index (κ3) is 5.23. The molecule has 0 bridgehead atoms. The van der Waals surface area contributed by atoms with Gasteiger partial charge in [-0.2, -0.15) is 0 Å². The second-order valence-corrected chi connectivity index (χ2v) is 6.96. The van der Waals surface area contributed by atoms with Gasteiger partial charge in [-0.25, -0.2) is 0 Å². The number of hydrogen-bond donors (Lipinski definition) is 1. The molecule has 0 fully saturated rings. The minimum atomic E-state index is -0.494. The van der Waals surface area contributed by atoms with Gasteiger partial charge in [0, 0.05) is 23.4 Å². The van der Waals surface area contributed by atoms with Crippen LogP contribution in [-0.2, 0) is 4.79 Å². The Labute approximate surface area is 176 Å². The molecule has 10 heteroatoms. The summed E-state index contributed by atoms with van der Waals surface area (Å²) in [5.41, 5.74) is 1.94. The second-order valence-electron chi connectivity index (χ2n) is 5.97. The topological polar surface area (TPSA) is 116 Å². The predicted molar refractivity (Wildman–Crippen MR) is 113 cm³/mol. The van der Waals surface area contributed by atoms with Gasteiger partial charge in [0.1, 0.15) is 5.03 Å². The molecule has 0 radical (unpaired) electrons. The molecule has 0 aliphatic carbocycles. The van der Waals surface area contributed by atoms with E-state index in [1.165, 1.54) is 36.0 Å². The number of nitro groups is 1. The molecular formula is C20H18N4O5S. The number of nitro benzene ring substituents is 1. The molecule has 0 atom stereocenters. The number of benzene rings is 2. The molecule has 1 heterocycles. The van der Waals surface area contributed by atoms with Crippen LogP contribution in [0.15, 0.2) is 59.6 Å². The van der Waals surface area contributed by atoms with E-state index in [0.29, 0.717) is 27.9 Å². The van der Waals surface area contributed by atoms with Crippen molar-refractivity contribution in [2.45, 2.75) is 5.03 Å². The van der Waals surface area contributed by atoms with Crippen LogP contribution in [0.3, 0.4) is 0 Å². The molecule has 1 amide bonds. The number of anilines is 1. The average molecular weight is 426 g/mol. The monoisotopic (exact) mass is 426 g/mol. The smallest absolute Gasteiger partial charge is 0.269 e. The van der Waals surface area contributed by atoms with Crippen LogP contribution in [-0.4, -0.2) is 41.0 Å². The van der Waals surface area contributed by atoms with Crippen LogP contribution >= 0.6 is 11.8 Å². The van der Waals surface area contributed by atoms with Gasteiger partial charge >= 0.3 is 0 Å². The number of amides is 1. The average Bonchev–Trinajstić information content (AvgIpc) is 2.78. The molecule has 30 heavy (non-hydrogen) atoms. The van der Waals surface area contributed by atoms with Gasteiger partial charge in [0.25, 0.3) is 5.69 Å². The summed E-state index contributed by atoms with van der Waals surface area (Å²) in [6.45, 7) is 0. The summed E-state index contributed by atoms with van der Waals surface area (Å²) in [5.74, 6) is 1.10. The lowest BCUT2D eigenvalue weighted by molar-refractivity contribution is -0.384. The second kappa shape index (κ2) is 9.70. The van der Waals surface area contributed by atoms with Gasteiger partial charge in [0.2, 0.25) is 5.91 Å². The SMILES string of the molecule is COc1ccc(-c2ccc(SCC(=O)Nc3ccc([N+](=O)[O-])cc3)nn2)cc1OC. The zero-order valence-electron chi connectivity index (χ0n) is 16.2. The van der Waals surface area contributed by atoms with E-state index in [1.54, 1.807) is 26.4 Å². The van der Waals surface area contributed by atoms with Crippen molar-refractivity contribution >= 4 is 29.0 Å². The van der Waals surface area contributed by atoms with Crippen LogP contribution in [0.4, 0.5) is 11.4 Å². The normalized spacial score (nSPS) is 10.3. The zero-order valence-corrected chi connectivity index (χ0v) is 17.0. The molecule has 9 nitrogen and oxygen atoms in total. The molecule has 0 aliphatic rings. The maximum Gasteiger partial charge on any atom is 0.269 e. The van der Waals surface area contributed by atoms with Crippen molar-refractivity contribution in [2.24, 2.45) is 0 Å². The molecular weight excluding hydrogens is 408 g/mol.